The number of hydrogen-bond donors (Lipinski definition) is 2. The second-order valence-corrected chi connectivity index (χ2v) is 25.1. The number of rotatable bonds is 27. The minimum Gasteiger partial charge on any atom is -0.496 e. The van der Waals surface area contributed by atoms with E-state index in [2.05, 4.69) is 31.5 Å². The third-order valence-electron chi connectivity index (χ3n) is 13.6. The summed E-state index contributed by atoms with van der Waals surface area (Å²) in [7, 11) is 9.09. The molecule has 0 unspecified atom stereocenters. The number of carbonyl (C=O) groups is 7. The molecule has 0 amide bonds. The van der Waals surface area contributed by atoms with Crippen molar-refractivity contribution in [1.82, 2.24) is 0 Å². The molecule has 0 aliphatic rings. The van der Waals surface area contributed by atoms with E-state index in [-0.39, 0.29) is 67.1 Å². The van der Waals surface area contributed by atoms with Crippen LogP contribution in [0.4, 0.5) is 0 Å². The Bertz CT molecular complexity index is 3770. The van der Waals surface area contributed by atoms with Gasteiger partial charge in [-0.3, -0.25) is 33.6 Å². The highest BCUT2D eigenvalue weighted by atomic mass is 79.9. The topological polar surface area (TPSA) is 259 Å². The van der Waals surface area contributed by atoms with E-state index in [4.69, 9.17) is 43.5 Å². The predicted octanol–water partition coefficient (Wildman–Crippen LogP) is 14.1. The van der Waals surface area contributed by atoms with Gasteiger partial charge in [-0.05, 0) is 147 Å². The number of ketones is 4. The summed E-state index contributed by atoms with van der Waals surface area (Å²) in [5, 5.41) is 22.0. The number of halogens is 1. The summed E-state index contributed by atoms with van der Waals surface area (Å²) in [6.07, 6.45) is 4.72. The fourth-order valence-corrected chi connectivity index (χ4v) is 13.6. The highest BCUT2D eigenvalue weighted by molar-refractivity contribution is 9.10. The van der Waals surface area contributed by atoms with Crippen molar-refractivity contribution in [3.05, 3.63) is 108 Å². The number of aliphatic hydroxyl groups is 1. The Hall–Kier alpha value is -7.37. The fourth-order valence-electron chi connectivity index (χ4n) is 8.92. The number of benzene rings is 4. The quantitative estimate of drug-likeness (QED) is 0.0275. The lowest BCUT2D eigenvalue weighted by molar-refractivity contribution is -0.191. The number of aliphatic hydroxyl groups excluding tert-OH is 1. The molecule has 0 bridgehead atoms. The Morgan fingerprint density at radius 3 is 1.25 bits per heavy atom. The maximum Gasteiger partial charge on any atom is 0.373 e. The van der Waals surface area contributed by atoms with E-state index in [0.717, 1.165) is 97.3 Å². The van der Waals surface area contributed by atoms with Gasteiger partial charge >= 0.3 is 24.1 Å². The lowest BCUT2D eigenvalue weighted by Gasteiger charge is -2.12. The van der Waals surface area contributed by atoms with E-state index in [1.54, 1.807) is 48.4 Å². The minimum atomic E-state index is -0.985. The first kappa shape index (κ1) is 70.4. The first-order valence-electron chi connectivity index (χ1n) is 27.4. The van der Waals surface area contributed by atoms with Gasteiger partial charge in [0.05, 0.1) is 91.0 Å². The molecule has 0 aliphatic heterocycles. The zero-order valence-corrected chi connectivity index (χ0v) is 54.7. The monoisotopic (exact) mass is 1330 g/mol. The maximum absolute atomic E-state index is 12.6. The summed E-state index contributed by atoms with van der Waals surface area (Å²) >= 11 is 9.06. The Kier molecular flexibility index (Phi) is 27.7. The number of ether oxygens (including phenoxy) is 7. The number of carbonyl (C=O) groups excluding carboxylic acids is 8. The van der Waals surface area contributed by atoms with Gasteiger partial charge in [0.25, 0.3) is 0 Å². The van der Waals surface area contributed by atoms with Crippen molar-refractivity contribution in [3.8, 4) is 28.7 Å². The van der Waals surface area contributed by atoms with E-state index < -0.39 is 23.7 Å². The lowest BCUT2D eigenvalue weighted by atomic mass is 10.0. The van der Waals surface area contributed by atoms with Gasteiger partial charge in [-0.2, -0.15) is 9.59 Å². The number of carboxylic acid groups (broad SMARTS) is 1. The number of carboxylic acids is 1. The number of hydrogen-bond acceptors (Lipinski definition) is 21. The number of aryl methyl sites for hydroxylation is 2. The smallest absolute Gasteiger partial charge is 0.373 e. The SMILES string of the molecule is CCCC(=O)c1cc2cc(CCCOc3cc4cc(C(=O)C[C@H](C)C(=O)O)sc4cc3OC)c(OC)cc2s1.COC(=O)[C@@H](C)CC(=O)c1cc2cc(Br)c(OC)cc2s1.COC(=O)[C@@H](C)CC(=O)c1cc2cc(CCCO)c(OC)cc2s1.O=C=O. The van der Waals surface area contributed by atoms with Crippen molar-refractivity contribution >= 4 is 149 Å². The summed E-state index contributed by atoms with van der Waals surface area (Å²) in [6, 6.07) is 23.0. The summed E-state index contributed by atoms with van der Waals surface area (Å²) < 4.78 is 41.9. The normalized spacial score (nSPS) is 11.8. The Morgan fingerprint density at radius 1 is 0.494 bits per heavy atom. The Labute approximate surface area is 527 Å². The zero-order chi connectivity index (χ0) is 64.1. The first-order chi connectivity index (χ1) is 41.6. The van der Waals surface area contributed by atoms with Gasteiger partial charge in [-0.25, -0.2) is 0 Å². The zero-order valence-electron chi connectivity index (χ0n) is 49.9. The maximum atomic E-state index is 12.6. The van der Waals surface area contributed by atoms with Gasteiger partial charge in [0.15, 0.2) is 34.6 Å². The highest BCUT2D eigenvalue weighted by Gasteiger charge is 2.24. The van der Waals surface area contributed by atoms with E-state index >= 15 is 0 Å². The molecule has 2 N–H and O–H groups in total. The second kappa shape index (κ2) is 34.2. The molecule has 0 aliphatic carbocycles. The molecule has 4 aromatic heterocycles. The van der Waals surface area contributed by atoms with Crippen LogP contribution in [-0.2, 0) is 46.3 Å². The van der Waals surface area contributed by atoms with Crippen LogP contribution in [0.25, 0.3) is 40.3 Å². The van der Waals surface area contributed by atoms with Gasteiger partial charge in [0, 0.05) is 57.2 Å². The van der Waals surface area contributed by atoms with Gasteiger partial charge < -0.3 is 43.4 Å². The van der Waals surface area contributed by atoms with Crippen LogP contribution in [0.3, 0.4) is 0 Å². The van der Waals surface area contributed by atoms with E-state index in [9.17, 15) is 33.6 Å². The molecule has 0 spiro atoms. The van der Waals surface area contributed by atoms with Crippen molar-refractivity contribution in [2.75, 3.05) is 55.9 Å². The average Bonchev–Trinajstić information content (AvgIpc) is 2.39. The number of fused-ring (bicyclic) bond motifs is 4. The van der Waals surface area contributed by atoms with Crippen LogP contribution in [0, 0.1) is 17.8 Å². The molecule has 464 valence electrons. The molecular weight excluding hydrogens is 1260 g/mol. The summed E-state index contributed by atoms with van der Waals surface area (Å²) in [4.78, 5) is 102. The van der Waals surface area contributed by atoms with Crippen molar-refractivity contribution < 1.29 is 86.5 Å². The molecule has 0 saturated carbocycles. The number of methoxy groups -OCH3 is 6. The number of thiophene rings is 4. The largest absolute Gasteiger partial charge is 0.496 e. The summed E-state index contributed by atoms with van der Waals surface area (Å²) in [5.74, 6) is -0.0409. The van der Waals surface area contributed by atoms with Crippen LogP contribution < -0.4 is 23.7 Å². The van der Waals surface area contributed by atoms with Crippen molar-refractivity contribution in [1.29, 1.82) is 0 Å². The molecular formula is C64H69BrO18S4. The average molecular weight is 1330 g/mol. The van der Waals surface area contributed by atoms with Gasteiger partial charge in [-0.15, -0.1) is 45.3 Å². The Balaban J connectivity index is 0.000000247. The van der Waals surface area contributed by atoms with E-state index in [1.807, 2.05) is 67.6 Å². The van der Waals surface area contributed by atoms with Gasteiger partial charge in [0.1, 0.15) is 17.2 Å². The van der Waals surface area contributed by atoms with Crippen LogP contribution in [0.5, 0.6) is 28.7 Å². The van der Waals surface area contributed by atoms with Crippen LogP contribution in [-0.4, -0.2) is 113 Å². The van der Waals surface area contributed by atoms with Crippen LogP contribution in [0.2, 0.25) is 0 Å². The molecule has 0 fully saturated rings. The molecule has 4 aromatic carbocycles. The third-order valence-corrected chi connectivity index (χ3v) is 18.7. The Morgan fingerprint density at radius 2 is 0.862 bits per heavy atom. The molecule has 0 saturated heterocycles. The molecule has 0 radical (unpaired) electrons. The molecule has 8 rings (SSSR count). The number of Topliss-reactive ketones (excluding diaryl/α,β-unsaturated/α-hetero) is 4. The lowest BCUT2D eigenvalue weighted by Crippen LogP contribution is -2.16. The molecule has 87 heavy (non-hydrogen) atoms. The predicted molar refractivity (Wildman–Crippen MR) is 341 cm³/mol. The van der Waals surface area contributed by atoms with E-state index in [1.165, 1.54) is 66.5 Å². The van der Waals surface area contributed by atoms with Crippen molar-refractivity contribution in [3.63, 3.8) is 0 Å². The first-order valence-corrected chi connectivity index (χ1v) is 31.5. The molecule has 18 nitrogen and oxygen atoms in total. The highest BCUT2D eigenvalue weighted by Crippen LogP contribution is 2.40. The number of esters is 2. The fraction of sp³-hybridized carbons (Fsp3) is 0.375. The summed E-state index contributed by atoms with van der Waals surface area (Å²) in [6.45, 7) is 7.48. The van der Waals surface area contributed by atoms with Crippen molar-refractivity contribution in [2.45, 2.75) is 85.5 Å². The third kappa shape index (κ3) is 19.3. The molecule has 4 heterocycles. The van der Waals surface area contributed by atoms with Gasteiger partial charge in [-0.1, -0.05) is 27.7 Å². The van der Waals surface area contributed by atoms with Crippen LogP contribution in [0.1, 0.15) is 122 Å². The van der Waals surface area contributed by atoms with Gasteiger partial charge in [0.2, 0.25) is 0 Å². The molecule has 8 aromatic rings. The van der Waals surface area contributed by atoms with Crippen LogP contribution in [0.15, 0.2) is 77.3 Å². The minimum absolute atomic E-state index is 0.0420. The summed E-state index contributed by atoms with van der Waals surface area (Å²) in [5.41, 5.74) is 2.07. The van der Waals surface area contributed by atoms with Crippen LogP contribution >= 0.6 is 61.3 Å². The second-order valence-electron chi connectivity index (χ2n) is 19.9. The van der Waals surface area contributed by atoms with E-state index in [0.29, 0.717) is 52.0 Å². The standard InChI is InChI=1S/C30H32O7S2.C18H22O5S.C15H15BrO4S.CO2/c1-5-7-21(31)28-13-19-11-18(23(35-3)15-26(19)38-28)8-6-9-37-25-12-20-14-29(22(32)10-17(2)30(33)34)39-27(20)16-24(25)36-4;1-11(18(21)23-3)7-14(20)17-9-13-8-12(5-4-6-19)15(22-2)10-16(13)24-17;1-8(15(18)20-3)4-11(17)14-6-9-5-10(16)12(19-2)7-13(9)21-14;2-1-3/h11-17H,5-10H2,1-4H3,(H,33,34);8-11,19H,4-7H2,1-3H3;5-8H,4H2,1-3H3;/t17-;11-;8-;/m000./s1. The number of aliphatic carboxylic acids is 1. The molecule has 3 atom stereocenters. The molecule has 23 heteroatoms. The van der Waals surface area contributed by atoms with Crippen molar-refractivity contribution in [2.24, 2.45) is 17.8 Å².